The molecule has 0 saturated carbocycles. The van der Waals surface area contributed by atoms with Gasteiger partial charge in [0.25, 0.3) is 0 Å². The predicted octanol–water partition coefficient (Wildman–Crippen LogP) is 11.1. The van der Waals surface area contributed by atoms with Crippen LogP contribution in [0.25, 0.3) is 100 Å². The minimum Gasteiger partial charge on any atom is -0.237 e. The summed E-state index contributed by atoms with van der Waals surface area (Å²) in [7, 11) is 0. The van der Waals surface area contributed by atoms with E-state index in [1.54, 1.807) is 0 Å². The second-order valence-electron chi connectivity index (χ2n) is 13.1. The van der Waals surface area contributed by atoms with Crippen LogP contribution in [0.1, 0.15) is 12.8 Å². The molecule has 50 heavy (non-hydrogen) atoms. The Labute approximate surface area is 290 Å². The van der Waals surface area contributed by atoms with E-state index in [2.05, 4.69) is 152 Å². The molecule has 0 bridgehead atoms. The third-order valence-electron chi connectivity index (χ3n) is 10.4. The minimum atomic E-state index is 0.773. The monoisotopic (exact) mass is 636 g/mol. The van der Waals surface area contributed by atoms with Gasteiger partial charge in [-0.25, -0.2) is 9.97 Å². The summed E-state index contributed by atoms with van der Waals surface area (Å²) in [5, 5.41) is 12.5. The first-order valence-corrected chi connectivity index (χ1v) is 17.4. The fourth-order valence-electron chi connectivity index (χ4n) is 8.39. The highest BCUT2D eigenvalue weighted by Gasteiger charge is 2.22. The Balaban J connectivity index is 1.39. The van der Waals surface area contributed by atoms with Gasteiger partial charge >= 0.3 is 0 Å². The molecule has 234 valence electrons. The molecule has 1 aliphatic carbocycles. The van der Waals surface area contributed by atoms with Crippen LogP contribution >= 0.6 is 0 Å². The highest BCUT2D eigenvalue weighted by atomic mass is 14.9. The number of fused-ring (bicyclic) bond motifs is 6. The van der Waals surface area contributed by atoms with E-state index in [9.17, 15) is 0 Å². The van der Waals surface area contributed by atoms with Crippen LogP contribution in [0.2, 0.25) is 0 Å². The summed E-state index contributed by atoms with van der Waals surface area (Å²) in [6, 6.07) is 53.1. The highest BCUT2D eigenvalue weighted by molar-refractivity contribution is 6.29. The number of rotatable bonds is 4. The third-order valence-corrected chi connectivity index (χ3v) is 10.4. The van der Waals surface area contributed by atoms with Crippen molar-refractivity contribution in [1.29, 1.82) is 0 Å². The normalized spacial score (nSPS) is 12.6. The molecule has 0 radical (unpaired) electrons. The quantitative estimate of drug-likeness (QED) is 0.142. The first-order chi connectivity index (χ1) is 24.9. The molecule has 2 heteroatoms. The molecule has 9 aromatic rings. The summed E-state index contributed by atoms with van der Waals surface area (Å²) in [4.78, 5) is 9.49. The molecule has 0 atom stereocenters. The van der Waals surface area contributed by atoms with Gasteiger partial charge in [-0.05, 0) is 106 Å². The molecule has 0 N–H and O–H groups in total. The zero-order valence-electron chi connectivity index (χ0n) is 27.5. The number of nitrogens with zero attached hydrogens (tertiary/aromatic N) is 2. The van der Waals surface area contributed by atoms with Gasteiger partial charge in [0.15, 0.2) is 5.82 Å². The third kappa shape index (κ3) is 4.35. The van der Waals surface area contributed by atoms with E-state index in [0.717, 1.165) is 24.2 Å². The summed E-state index contributed by atoms with van der Waals surface area (Å²) < 4.78 is 0. The fraction of sp³-hybridized carbons (Fsp3) is 0.0417. The SMILES string of the molecule is C1=c2c(-c3ncccn3)c3ccccc3c(-c3cccc4c3ccc3c(-c5ccccc5)c5ccccc5c(-c5ccccc5)c34)c2=CCC1. The van der Waals surface area contributed by atoms with E-state index in [1.807, 2.05) is 18.5 Å². The predicted molar refractivity (Wildman–Crippen MR) is 211 cm³/mol. The molecular formula is C48H32N2. The Morgan fingerprint density at radius 3 is 1.50 bits per heavy atom. The van der Waals surface area contributed by atoms with Crippen molar-refractivity contribution in [3.63, 3.8) is 0 Å². The average molecular weight is 637 g/mol. The molecule has 1 heterocycles. The summed E-state index contributed by atoms with van der Waals surface area (Å²) in [5.41, 5.74) is 8.66. The lowest BCUT2D eigenvalue weighted by Crippen LogP contribution is -2.32. The van der Waals surface area contributed by atoms with E-state index in [-0.39, 0.29) is 0 Å². The van der Waals surface area contributed by atoms with Crippen LogP contribution in [0.5, 0.6) is 0 Å². The van der Waals surface area contributed by atoms with E-state index < -0.39 is 0 Å². The van der Waals surface area contributed by atoms with Gasteiger partial charge in [-0.2, -0.15) is 0 Å². The molecule has 0 aliphatic heterocycles. The lowest BCUT2D eigenvalue weighted by Gasteiger charge is -2.21. The van der Waals surface area contributed by atoms with Crippen molar-refractivity contribution < 1.29 is 0 Å². The maximum atomic E-state index is 4.75. The Hall–Kier alpha value is -6.38. The second-order valence-corrected chi connectivity index (χ2v) is 13.1. The van der Waals surface area contributed by atoms with Crippen molar-refractivity contribution in [2.24, 2.45) is 0 Å². The molecule has 1 aromatic heterocycles. The molecular weight excluding hydrogens is 605 g/mol. The van der Waals surface area contributed by atoms with Crippen molar-refractivity contribution in [3.8, 4) is 44.8 Å². The Morgan fingerprint density at radius 2 is 0.840 bits per heavy atom. The summed E-state index contributed by atoms with van der Waals surface area (Å²) in [6.07, 6.45) is 10.5. The van der Waals surface area contributed by atoms with Crippen LogP contribution in [-0.4, -0.2) is 9.97 Å². The summed E-state index contributed by atoms with van der Waals surface area (Å²) in [6.45, 7) is 0. The highest BCUT2D eigenvalue weighted by Crippen LogP contribution is 2.47. The largest absolute Gasteiger partial charge is 0.237 e. The lowest BCUT2D eigenvalue weighted by molar-refractivity contribution is 1.11. The Morgan fingerprint density at radius 1 is 0.340 bits per heavy atom. The van der Waals surface area contributed by atoms with Gasteiger partial charge in [-0.1, -0.05) is 152 Å². The zero-order chi connectivity index (χ0) is 33.0. The number of benzene rings is 8. The molecule has 8 aromatic carbocycles. The second kappa shape index (κ2) is 11.6. The van der Waals surface area contributed by atoms with Gasteiger partial charge in [0.2, 0.25) is 0 Å². The maximum absolute atomic E-state index is 4.75. The number of hydrogen-bond acceptors (Lipinski definition) is 2. The molecule has 0 unspecified atom stereocenters. The molecule has 0 spiro atoms. The number of aromatic nitrogens is 2. The van der Waals surface area contributed by atoms with Gasteiger partial charge < -0.3 is 0 Å². The Bertz CT molecular complexity index is 2890. The topological polar surface area (TPSA) is 25.8 Å². The minimum absolute atomic E-state index is 0.773. The van der Waals surface area contributed by atoms with E-state index in [0.29, 0.717) is 0 Å². The van der Waals surface area contributed by atoms with Crippen LogP contribution in [-0.2, 0) is 0 Å². The first-order valence-electron chi connectivity index (χ1n) is 17.4. The zero-order valence-corrected chi connectivity index (χ0v) is 27.5. The Kier molecular flexibility index (Phi) is 6.67. The lowest BCUT2D eigenvalue weighted by atomic mass is 9.82. The van der Waals surface area contributed by atoms with Crippen molar-refractivity contribution in [3.05, 3.63) is 168 Å². The van der Waals surface area contributed by atoms with E-state index >= 15 is 0 Å². The molecule has 10 rings (SSSR count). The molecule has 0 fully saturated rings. The van der Waals surface area contributed by atoms with Crippen LogP contribution in [0.3, 0.4) is 0 Å². The van der Waals surface area contributed by atoms with E-state index in [1.165, 1.54) is 86.9 Å². The van der Waals surface area contributed by atoms with Gasteiger partial charge in [-0.3, -0.25) is 0 Å². The average Bonchev–Trinajstić information content (AvgIpc) is 3.19. The van der Waals surface area contributed by atoms with Crippen LogP contribution in [0, 0.1) is 0 Å². The maximum Gasteiger partial charge on any atom is 0.160 e. The standard InChI is InChI=1S/C48H32N2/c1-3-15-31(16-4-1)43-36-19-7-8-20-37(36)44(32-17-5-2-6-18-32)46-35-26-13-25-34(33(35)27-28-42(43)46)45-38-21-9-11-23-40(38)47(48-49-29-14-30-50-48)41-24-12-10-22-39(41)45/h1-9,11,13-30H,10,12H2. The summed E-state index contributed by atoms with van der Waals surface area (Å²) >= 11 is 0. The molecule has 0 saturated heterocycles. The van der Waals surface area contributed by atoms with Crippen molar-refractivity contribution in [2.75, 3.05) is 0 Å². The van der Waals surface area contributed by atoms with Gasteiger partial charge in [0.1, 0.15) is 0 Å². The van der Waals surface area contributed by atoms with Crippen LogP contribution in [0.4, 0.5) is 0 Å². The summed E-state index contributed by atoms with van der Waals surface area (Å²) in [5.74, 6) is 0.773. The fourth-order valence-corrected chi connectivity index (χ4v) is 8.39. The van der Waals surface area contributed by atoms with Crippen LogP contribution < -0.4 is 10.4 Å². The molecule has 0 amide bonds. The van der Waals surface area contributed by atoms with Crippen molar-refractivity contribution >= 4 is 55.2 Å². The van der Waals surface area contributed by atoms with Gasteiger partial charge in [-0.15, -0.1) is 0 Å². The van der Waals surface area contributed by atoms with Crippen molar-refractivity contribution in [1.82, 2.24) is 9.97 Å². The molecule has 2 nitrogen and oxygen atoms in total. The number of hydrogen-bond donors (Lipinski definition) is 0. The van der Waals surface area contributed by atoms with Gasteiger partial charge in [0, 0.05) is 18.0 Å². The smallest absolute Gasteiger partial charge is 0.160 e. The first kappa shape index (κ1) is 28.6. The van der Waals surface area contributed by atoms with Crippen molar-refractivity contribution in [2.45, 2.75) is 12.8 Å². The van der Waals surface area contributed by atoms with E-state index in [4.69, 9.17) is 9.97 Å². The van der Waals surface area contributed by atoms with Gasteiger partial charge in [0.05, 0.1) is 0 Å². The van der Waals surface area contributed by atoms with Crippen LogP contribution in [0.15, 0.2) is 158 Å². The molecule has 1 aliphatic rings.